The average molecular weight is 257 g/mol. The molecule has 2 aromatic carbocycles. The molecule has 0 bridgehead atoms. The summed E-state index contributed by atoms with van der Waals surface area (Å²) in [7, 11) is 0. The molecule has 19 heavy (non-hydrogen) atoms. The van der Waals surface area contributed by atoms with E-state index in [1.165, 1.54) is 23.4 Å². The molecule has 1 unspecified atom stereocenters. The van der Waals surface area contributed by atoms with Crippen molar-refractivity contribution >= 4 is 5.69 Å². The molecule has 1 atom stereocenters. The van der Waals surface area contributed by atoms with Crippen LogP contribution in [0.15, 0.2) is 42.5 Å². The van der Waals surface area contributed by atoms with Crippen LogP contribution in [-0.4, -0.2) is 11.7 Å². The Morgan fingerprint density at radius 2 is 2.00 bits per heavy atom. The molecule has 1 heterocycles. The first kappa shape index (κ1) is 12.0. The van der Waals surface area contributed by atoms with E-state index in [-0.39, 0.29) is 17.6 Å². The highest BCUT2D eigenvalue weighted by Crippen LogP contribution is 2.35. The minimum absolute atomic E-state index is 0.0322. The number of para-hydroxylation sites is 1. The van der Waals surface area contributed by atoms with E-state index >= 15 is 0 Å². The number of nitrogens with zero attached hydrogens (tertiary/aromatic N) is 1. The number of benzene rings is 2. The van der Waals surface area contributed by atoms with Crippen LogP contribution in [0.1, 0.15) is 24.1 Å². The normalized spacial score (nSPS) is 15.4. The third kappa shape index (κ3) is 2.05. The van der Waals surface area contributed by atoms with E-state index in [0.717, 1.165) is 13.0 Å². The van der Waals surface area contributed by atoms with E-state index in [0.29, 0.717) is 5.56 Å². The zero-order chi connectivity index (χ0) is 13.4. The number of hydrogen-bond donors (Lipinski definition) is 1. The van der Waals surface area contributed by atoms with Crippen LogP contribution in [0.25, 0.3) is 0 Å². The molecule has 0 aromatic heterocycles. The van der Waals surface area contributed by atoms with E-state index in [1.807, 2.05) is 19.1 Å². The first-order valence-electron chi connectivity index (χ1n) is 6.50. The van der Waals surface area contributed by atoms with Gasteiger partial charge in [0.2, 0.25) is 0 Å². The summed E-state index contributed by atoms with van der Waals surface area (Å²) in [6, 6.07) is 12.6. The lowest BCUT2D eigenvalue weighted by atomic mass is 10.1. The van der Waals surface area contributed by atoms with Gasteiger partial charge in [0.05, 0.1) is 6.04 Å². The standard InChI is InChI=1S/C16H16FNO/c1-11(14-7-6-13(19)10-15(14)17)18-9-8-12-4-2-3-5-16(12)18/h2-7,10-11,19H,8-9H2,1H3. The average Bonchev–Trinajstić information content (AvgIpc) is 2.82. The van der Waals surface area contributed by atoms with Crippen LogP contribution in [0.5, 0.6) is 5.75 Å². The van der Waals surface area contributed by atoms with Crippen molar-refractivity contribution in [2.24, 2.45) is 0 Å². The van der Waals surface area contributed by atoms with Crippen molar-refractivity contribution in [3.8, 4) is 5.75 Å². The summed E-state index contributed by atoms with van der Waals surface area (Å²) in [6.07, 6.45) is 1.00. The molecular formula is C16H16FNO. The lowest BCUT2D eigenvalue weighted by molar-refractivity contribution is 0.466. The maximum Gasteiger partial charge on any atom is 0.132 e. The highest BCUT2D eigenvalue weighted by Gasteiger charge is 2.25. The number of halogens is 1. The van der Waals surface area contributed by atoms with Gasteiger partial charge in [0.25, 0.3) is 0 Å². The van der Waals surface area contributed by atoms with Crippen molar-refractivity contribution in [2.45, 2.75) is 19.4 Å². The molecule has 3 rings (SSSR count). The molecule has 0 spiro atoms. The Hall–Kier alpha value is -2.03. The Morgan fingerprint density at radius 3 is 2.79 bits per heavy atom. The van der Waals surface area contributed by atoms with Crippen molar-refractivity contribution in [2.75, 3.05) is 11.4 Å². The van der Waals surface area contributed by atoms with Crippen molar-refractivity contribution < 1.29 is 9.50 Å². The van der Waals surface area contributed by atoms with Crippen LogP contribution in [-0.2, 0) is 6.42 Å². The van der Waals surface area contributed by atoms with Gasteiger partial charge in [-0.05, 0) is 31.0 Å². The smallest absolute Gasteiger partial charge is 0.132 e. The number of aromatic hydroxyl groups is 1. The van der Waals surface area contributed by atoms with Gasteiger partial charge in [-0.3, -0.25) is 0 Å². The summed E-state index contributed by atoms with van der Waals surface area (Å²) in [5.41, 5.74) is 3.12. The lowest BCUT2D eigenvalue weighted by Crippen LogP contribution is -2.25. The monoisotopic (exact) mass is 257 g/mol. The third-order valence-corrected chi connectivity index (χ3v) is 3.82. The summed E-state index contributed by atoms with van der Waals surface area (Å²) in [6.45, 7) is 2.90. The fourth-order valence-corrected chi connectivity index (χ4v) is 2.79. The summed E-state index contributed by atoms with van der Waals surface area (Å²) >= 11 is 0. The summed E-state index contributed by atoms with van der Waals surface area (Å²) < 4.78 is 13.9. The van der Waals surface area contributed by atoms with Gasteiger partial charge in [-0.15, -0.1) is 0 Å². The van der Waals surface area contributed by atoms with E-state index in [2.05, 4.69) is 17.0 Å². The molecule has 0 saturated carbocycles. The number of phenolic OH excluding ortho intramolecular Hbond substituents is 1. The Bertz CT molecular complexity index is 611. The molecule has 0 radical (unpaired) electrons. The van der Waals surface area contributed by atoms with Gasteiger partial charge in [0, 0.05) is 23.9 Å². The van der Waals surface area contributed by atoms with Crippen LogP contribution in [0.2, 0.25) is 0 Å². The Labute approximate surface area is 112 Å². The van der Waals surface area contributed by atoms with Gasteiger partial charge in [-0.2, -0.15) is 0 Å². The molecule has 0 fully saturated rings. The zero-order valence-electron chi connectivity index (χ0n) is 10.8. The second-order valence-electron chi connectivity index (χ2n) is 4.95. The lowest BCUT2D eigenvalue weighted by Gasteiger charge is -2.28. The summed E-state index contributed by atoms with van der Waals surface area (Å²) in [4.78, 5) is 2.21. The van der Waals surface area contributed by atoms with Gasteiger partial charge in [-0.25, -0.2) is 4.39 Å². The first-order valence-corrected chi connectivity index (χ1v) is 6.50. The van der Waals surface area contributed by atoms with Gasteiger partial charge >= 0.3 is 0 Å². The number of rotatable bonds is 2. The summed E-state index contributed by atoms with van der Waals surface area (Å²) in [5, 5.41) is 9.29. The van der Waals surface area contributed by atoms with Crippen molar-refractivity contribution in [1.29, 1.82) is 0 Å². The Kier molecular flexibility index (Phi) is 2.90. The topological polar surface area (TPSA) is 23.5 Å². The molecule has 3 heteroatoms. The number of hydrogen-bond acceptors (Lipinski definition) is 2. The van der Waals surface area contributed by atoms with E-state index in [4.69, 9.17) is 0 Å². The Morgan fingerprint density at radius 1 is 1.21 bits per heavy atom. The van der Waals surface area contributed by atoms with Crippen LogP contribution in [0, 0.1) is 5.82 Å². The fraction of sp³-hybridized carbons (Fsp3) is 0.250. The van der Waals surface area contributed by atoms with E-state index in [1.54, 1.807) is 6.07 Å². The largest absolute Gasteiger partial charge is 0.508 e. The van der Waals surface area contributed by atoms with Crippen molar-refractivity contribution in [1.82, 2.24) is 0 Å². The zero-order valence-corrected chi connectivity index (χ0v) is 10.8. The maximum absolute atomic E-state index is 13.9. The van der Waals surface area contributed by atoms with E-state index in [9.17, 15) is 9.50 Å². The van der Waals surface area contributed by atoms with E-state index < -0.39 is 0 Å². The fourth-order valence-electron chi connectivity index (χ4n) is 2.79. The maximum atomic E-state index is 13.9. The highest BCUT2D eigenvalue weighted by atomic mass is 19.1. The minimum Gasteiger partial charge on any atom is -0.508 e. The van der Waals surface area contributed by atoms with Gasteiger partial charge in [0.15, 0.2) is 0 Å². The SMILES string of the molecule is CC(c1ccc(O)cc1F)N1CCc2ccccc21. The molecule has 1 aliphatic rings. The minimum atomic E-state index is -0.350. The van der Waals surface area contributed by atoms with Gasteiger partial charge in [-0.1, -0.05) is 24.3 Å². The first-order chi connectivity index (χ1) is 9.16. The third-order valence-electron chi connectivity index (χ3n) is 3.82. The number of anilines is 1. The number of fused-ring (bicyclic) bond motifs is 1. The van der Waals surface area contributed by atoms with Crippen LogP contribution < -0.4 is 4.90 Å². The summed E-state index contributed by atoms with van der Waals surface area (Å²) in [5.74, 6) is -0.382. The molecule has 1 aliphatic heterocycles. The van der Waals surface area contributed by atoms with Crippen molar-refractivity contribution in [3.05, 3.63) is 59.4 Å². The predicted molar refractivity (Wildman–Crippen MR) is 74.0 cm³/mol. The molecule has 0 amide bonds. The molecular weight excluding hydrogens is 241 g/mol. The molecule has 2 nitrogen and oxygen atoms in total. The van der Waals surface area contributed by atoms with Crippen molar-refractivity contribution in [3.63, 3.8) is 0 Å². The second kappa shape index (κ2) is 4.57. The molecule has 2 aromatic rings. The molecule has 0 aliphatic carbocycles. The van der Waals surface area contributed by atoms with Gasteiger partial charge < -0.3 is 10.0 Å². The quantitative estimate of drug-likeness (QED) is 0.887. The second-order valence-corrected chi connectivity index (χ2v) is 4.95. The highest BCUT2D eigenvalue weighted by molar-refractivity contribution is 5.59. The van der Waals surface area contributed by atoms with Crippen LogP contribution in [0.3, 0.4) is 0 Å². The Balaban J connectivity index is 1.95. The predicted octanol–water partition coefficient (Wildman–Crippen LogP) is 3.66. The molecule has 0 saturated heterocycles. The van der Waals surface area contributed by atoms with Gasteiger partial charge in [0.1, 0.15) is 11.6 Å². The van der Waals surface area contributed by atoms with Crippen LogP contribution in [0.4, 0.5) is 10.1 Å². The van der Waals surface area contributed by atoms with Crippen LogP contribution >= 0.6 is 0 Å². The molecule has 1 N–H and O–H groups in total. The number of phenols is 1. The molecule has 98 valence electrons.